The maximum atomic E-state index is 5.26. The first-order valence-corrected chi connectivity index (χ1v) is 9.32. The first kappa shape index (κ1) is 16.5. The monoisotopic (exact) mass is 332 g/mol. The Morgan fingerprint density at radius 3 is 2.70 bits per heavy atom. The fourth-order valence-corrected chi connectivity index (χ4v) is 4.19. The molecule has 1 fully saturated rings. The van der Waals surface area contributed by atoms with Crippen LogP contribution >= 0.6 is 11.8 Å². The minimum absolute atomic E-state index is 0.660. The minimum atomic E-state index is 0.660. The van der Waals surface area contributed by atoms with E-state index in [9.17, 15) is 0 Å². The van der Waals surface area contributed by atoms with Crippen molar-refractivity contribution in [3.8, 4) is 11.4 Å². The molecule has 3 rings (SSSR count). The molecule has 2 aromatic heterocycles. The average Bonchev–Trinajstić information content (AvgIpc) is 3.02. The molecular weight excluding hydrogens is 308 g/mol. The van der Waals surface area contributed by atoms with Gasteiger partial charge in [-0.05, 0) is 30.9 Å². The average molecular weight is 332 g/mol. The second kappa shape index (κ2) is 8.45. The molecule has 0 unspecified atom stereocenters. The molecule has 1 aliphatic rings. The summed E-state index contributed by atoms with van der Waals surface area (Å²) in [5.41, 5.74) is 1.05. The van der Waals surface area contributed by atoms with Crippen LogP contribution in [-0.2, 0) is 11.3 Å². The lowest BCUT2D eigenvalue weighted by molar-refractivity contribution is 0.185. The summed E-state index contributed by atoms with van der Waals surface area (Å²) < 4.78 is 7.43. The number of ether oxygens (including phenoxy) is 1. The molecule has 0 saturated heterocycles. The first-order valence-electron chi connectivity index (χ1n) is 8.34. The third-order valence-corrected chi connectivity index (χ3v) is 5.55. The highest BCUT2D eigenvalue weighted by Gasteiger charge is 2.18. The van der Waals surface area contributed by atoms with Crippen LogP contribution in [0, 0.1) is 5.92 Å². The Hall–Kier alpha value is -1.40. The number of aromatic nitrogens is 4. The number of hydrogen-bond donors (Lipinski definition) is 0. The van der Waals surface area contributed by atoms with E-state index in [2.05, 4.69) is 19.7 Å². The molecule has 23 heavy (non-hydrogen) atoms. The van der Waals surface area contributed by atoms with E-state index in [4.69, 9.17) is 4.74 Å². The minimum Gasteiger partial charge on any atom is -0.383 e. The highest BCUT2D eigenvalue weighted by Crippen LogP contribution is 2.30. The van der Waals surface area contributed by atoms with Crippen molar-refractivity contribution < 1.29 is 4.74 Å². The van der Waals surface area contributed by atoms with Gasteiger partial charge in [-0.15, -0.1) is 10.2 Å². The molecule has 0 spiro atoms. The highest BCUT2D eigenvalue weighted by atomic mass is 32.2. The zero-order valence-corrected chi connectivity index (χ0v) is 14.5. The third kappa shape index (κ3) is 4.32. The Morgan fingerprint density at radius 1 is 1.17 bits per heavy atom. The van der Waals surface area contributed by atoms with Crippen LogP contribution in [0.3, 0.4) is 0 Å². The van der Waals surface area contributed by atoms with Gasteiger partial charge in [0.05, 0.1) is 13.2 Å². The van der Waals surface area contributed by atoms with Gasteiger partial charge in [0.2, 0.25) is 0 Å². The van der Waals surface area contributed by atoms with Crippen molar-refractivity contribution in [2.24, 2.45) is 5.92 Å². The lowest BCUT2D eigenvalue weighted by Crippen LogP contribution is -2.11. The van der Waals surface area contributed by atoms with E-state index in [1.807, 2.05) is 23.9 Å². The fraction of sp³-hybridized carbons (Fsp3) is 0.588. The van der Waals surface area contributed by atoms with Gasteiger partial charge in [0.15, 0.2) is 11.0 Å². The molecule has 1 aliphatic carbocycles. The third-order valence-electron chi connectivity index (χ3n) is 4.35. The molecule has 0 atom stereocenters. The first-order chi connectivity index (χ1) is 11.4. The van der Waals surface area contributed by atoms with Crippen molar-refractivity contribution in [1.29, 1.82) is 0 Å². The Morgan fingerprint density at radius 2 is 1.96 bits per heavy atom. The van der Waals surface area contributed by atoms with E-state index in [0.717, 1.165) is 34.8 Å². The maximum absolute atomic E-state index is 5.26. The number of pyridine rings is 1. The molecule has 1 saturated carbocycles. The van der Waals surface area contributed by atoms with Crippen molar-refractivity contribution in [2.45, 2.75) is 43.8 Å². The Labute approximate surface area is 141 Å². The lowest BCUT2D eigenvalue weighted by atomic mass is 9.91. The number of methoxy groups -OCH3 is 1. The van der Waals surface area contributed by atoms with Gasteiger partial charge in [0.1, 0.15) is 0 Å². The second-order valence-electron chi connectivity index (χ2n) is 6.00. The molecule has 6 heteroatoms. The Balaban J connectivity index is 1.74. The fourth-order valence-electron chi connectivity index (χ4n) is 3.04. The summed E-state index contributed by atoms with van der Waals surface area (Å²) in [5, 5.41) is 9.84. The normalized spacial score (nSPS) is 15.9. The highest BCUT2D eigenvalue weighted by molar-refractivity contribution is 7.99. The SMILES string of the molecule is COCCn1c(SCC2CCCCC2)nnc1-c1ccncc1. The zero-order valence-electron chi connectivity index (χ0n) is 13.6. The Bertz CT molecular complexity index is 596. The van der Waals surface area contributed by atoms with Gasteiger partial charge in [-0.3, -0.25) is 9.55 Å². The van der Waals surface area contributed by atoms with E-state index in [0.29, 0.717) is 6.61 Å². The van der Waals surface area contributed by atoms with Gasteiger partial charge < -0.3 is 4.74 Å². The van der Waals surface area contributed by atoms with Crippen molar-refractivity contribution in [2.75, 3.05) is 19.5 Å². The molecule has 0 aromatic carbocycles. The summed E-state index contributed by atoms with van der Waals surface area (Å²) >= 11 is 1.84. The summed E-state index contributed by atoms with van der Waals surface area (Å²) in [7, 11) is 1.73. The van der Waals surface area contributed by atoms with E-state index >= 15 is 0 Å². The molecule has 124 valence electrons. The largest absolute Gasteiger partial charge is 0.383 e. The quantitative estimate of drug-likeness (QED) is 0.724. The van der Waals surface area contributed by atoms with Crippen LogP contribution in [0.5, 0.6) is 0 Å². The summed E-state index contributed by atoms with van der Waals surface area (Å²) in [6.07, 6.45) is 10.5. The molecule has 0 N–H and O–H groups in total. The number of nitrogens with zero attached hydrogens (tertiary/aromatic N) is 4. The lowest BCUT2D eigenvalue weighted by Gasteiger charge is -2.20. The van der Waals surface area contributed by atoms with Gasteiger partial charge in [0, 0.05) is 30.8 Å². The van der Waals surface area contributed by atoms with Crippen molar-refractivity contribution in [3.05, 3.63) is 24.5 Å². The van der Waals surface area contributed by atoms with Gasteiger partial charge in [0.25, 0.3) is 0 Å². The van der Waals surface area contributed by atoms with Crippen molar-refractivity contribution in [3.63, 3.8) is 0 Å². The van der Waals surface area contributed by atoms with Crippen molar-refractivity contribution in [1.82, 2.24) is 19.7 Å². The van der Waals surface area contributed by atoms with Crippen LogP contribution in [0.15, 0.2) is 29.7 Å². The van der Waals surface area contributed by atoms with E-state index in [1.54, 1.807) is 19.5 Å². The van der Waals surface area contributed by atoms with Crippen LogP contribution in [0.2, 0.25) is 0 Å². The van der Waals surface area contributed by atoms with Crippen molar-refractivity contribution >= 4 is 11.8 Å². The molecule has 0 amide bonds. The van der Waals surface area contributed by atoms with Gasteiger partial charge in [-0.2, -0.15) is 0 Å². The topological polar surface area (TPSA) is 52.8 Å². The van der Waals surface area contributed by atoms with Gasteiger partial charge in [-0.1, -0.05) is 31.0 Å². The van der Waals surface area contributed by atoms with Crippen LogP contribution < -0.4 is 0 Å². The molecule has 2 heterocycles. The number of hydrogen-bond acceptors (Lipinski definition) is 5. The summed E-state index contributed by atoms with van der Waals surface area (Å²) in [4.78, 5) is 4.08. The van der Waals surface area contributed by atoms with Gasteiger partial charge in [-0.25, -0.2) is 0 Å². The van der Waals surface area contributed by atoms with E-state index in [1.165, 1.54) is 32.1 Å². The maximum Gasteiger partial charge on any atom is 0.191 e. The summed E-state index contributed by atoms with van der Waals surface area (Å²) in [6.45, 7) is 1.43. The predicted octanol–water partition coefficient (Wildman–Crippen LogP) is 3.66. The molecule has 5 nitrogen and oxygen atoms in total. The number of thioether (sulfide) groups is 1. The van der Waals surface area contributed by atoms with Crippen LogP contribution in [-0.4, -0.2) is 39.2 Å². The zero-order chi connectivity index (χ0) is 15.9. The molecule has 0 radical (unpaired) electrons. The Kier molecular flexibility index (Phi) is 6.05. The van der Waals surface area contributed by atoms with E-state index < -0.39 is 0 Å². The number of rotatable bonds is 7. The standard InChI is InChI=1S/C17H24N4OS/c1-22-12-11-21-16(15-7-9-18-10-8-15)19-20-17(21)23-13-14-5-3-2-4-6-14/h7-10,14H,2-6,11-13H2,1H3. The molecule has 0 aliphatic heterocycles. The smallest absolute Gasteiger partial charge is 0.191 e. The van der Waals surface area contributed by atoms with Crippen LogP contribution in [0.25, 0.3) is 11.4 Å². The summed E-state index contributed by atoms with van der Waals surface area (Å²) in [6, 6.07) is 3.95. The summed E-state index contributed by atoms with van der Waals surface area (Å²) in [5.74, 6) is 2.86. The predicted molar refractivity (Wildman–Crippen MR) is 92.4 cm³/mol. The van der Waals surface area contributed by atoms with E-state index in [-0.39, 0.29) is 0 Å². The van der Waals surface area contributed by atoms with Gasteiger partial charge >= 0.3 is 0 Å². The molecule has 2 aromatic rings. The van der Waals surface area contributed by atoms with Crippen LogP contribution in [0.1, 0.15) is 32.1 Å². The second-order valence-corrected chi connectivity index (χ2v) is 6.99. The molecular formula is C17H24N4OS. The molecule has 0 bridgehead atoms. The van der Waals surface area contributed by atoms with Crippen LogP contribution in [0.4, 0.5) is 0 Å².